The highest BCUT2D eigenvalue weighted by atomic mass is 79.9. The van der Waals surface area contributed by atoms with Crippen molar-refractivity contribution in [3.05, 3.63) is 40.5 Å². The number of rotatable bonds is 2. The van der Waals surface area contributed by atoms with Gasteiger partial charge in [-0.15, -0.1) is 0 Å². The molecule has 5 N–H and O–H groups in total. The van der Waals surface area contributed by atoms with Gasteiger partial charge >= 0.3 is 0 Å². The summed E-state index contributed by atoms with van der Waals surface area (Å²) in [5.74, 6) is 5.27. The lowest BCUT2D eigenvalue weighted by atomic mass is 10.2. The van der Waals surface area contributed by atoms with Gasteiger partial charge in [-0.05, 0) is 6.07 Å². The third-order valence-electron chi connectivity index (χ3n) is 1.49. The van der Waals surface area contributed by atoms with Crippen LogP contribution in [-0.4, -0.2) is 0 Å². The molecular weight excluding hydrogens is 218 g/mol. The van der Waals surface area contributed by atoms with E-state index in [9.17, 15) is 0 Å². The van der Waals surface area contributed by atoms with Crippen molar-refractivity contribution >= 4 is 21.6 Å². The Morgan fingerprint density at radius 3 is 2.58 bits per heavy atom. The lowest BCUT2D eigenvalue weighted by molar-refractivity contribution is 0.986. The van der Waals surface area contributed by atoms with E-state index >= 15 is 0 Å². The Balaban J connectivity index is 3.10. The van der Waals surface area contributed by atoms with E-state index in [0.717, 1.165) is 10.0 Å². The Labute approximate surface area is 79.5 Å². The fourth-order valence-electron chi connectivity index (χ4n) is 0.895. The van der Waals surface area contributed by atoms with Crippen LogP contribution in [0.3, 0.4) is 0 Å². The quantitative estimate of drug-likeness (QED) is 0.525. The van der Waals surface area contributed by atoms with Crippen molar-refractivity contribution in [2.75, 3.05) is 0 Å². The fraction of sp³-hybridized carbons (Fsp3) is 0. The topological polar surface area (TPSA) is 64.1 Å². The number of halogens is 1. The van der Waals surface area contributed by atoms with Gasteiger partial charge in [0.25, 0.3) is 0 Å². The lowest BCUT2D eigenvalue weighted by Crippen LogP contribution is -2.21. The van der Waals surface area contributed by atoms with Gasteiger partial charge in [0, 0.05) is 16.2 Å². The summed E-state index contributed by atoms with van der Waals surface area (Å²) in [6, 6.07) is 7.69. The number of benzene rings is 1. The average Bonchev–Trinajstić information content (AvgIpc) is 2.10. The molecule has 0 aliphatic heterocycles. The maximum atomic E-state index is 5.36. The van der Waals surface area contributed by atoms with Crippen LogP contribution in [-0.2, 0) is 0 Å². The smallest absolute Gasteiger partial charge is 0.0724 e. The predicted molar refractivity (Wildman–Crippen MR) is 53.6 cm³/mol. The largest absolute Gasteiger partial charge is 0.403 e. The normalized spacial score (nSPS) is 11.3. The van der Waals surface area contributed by atoms with Gasteiger partial charge in [-0.25, -0.2) is 0 Å². The highest BCUT2D eigenvalue weighted by Crippen LogP contribution is 2.20. The molecule has 1 rings (SSSR count). The molecule has 0 saturated heterocycles. The monoisotopic (exact) mass is 227 g/mol. The van der Waals surface area contributed by atoms with Crippen LogP contribution in [0.4, 0.5) is 0 Å². The first-order chi connectivity index (χ1) is 5.79. The predicted octanol–water partition coefficient (Wildman–Crippen LogP) is 1.17. The maximum Gasteiger partial charge on any atom is 0.0724 e. The molecule has 0 bridgehead atoms. The molecule has 1 aromatic rings. The average molecular weight is 228 g/mol. The molecule has 0 fully saturated rings. The zero-order valence-electron chi connectivity index (χ0n) is 6.42. The van der Waals surface area contributed by atoms with Crippen molar-refractivity contribution in [2.24, 2.45) is 11.6 Å². The van der Waals surface area contributed by atoms with Crippen LogP contribution in [0.2, 0.25) is 0 Å². The number of nitrogens with two attached hydrogens (primary N) is 2. The second-order valence-electron chi connectivity index (χ2n) is 2.20. The molecule has 0 amide bonds. The molecular formula is C8H10BrN3. The standard InChI is InChI=1S/C8H10BrN3/c9-7-4-2-1-3-6(7)8(5-10)12-11/h1-5,12H,10-11H2/b8-5-. The van der Waals surface area contributed by atoms with E-state index in [0.29, 0.717) is 5.70 Å². The zero-order chi connectivity index (χ0) is 8.97. The van der Waals surface area contributed by atoms with Crippen LogP contribution in [0.25, 0.3) is 5.70 Å². The van der Waals surface area contributed by atoms with Gasteiger partial charge in [-0.1, -0.05) is 34.1 Å². The fourth-order valence-corrected chi connectivity index (χ4v) is 1.39. The van der Waals surface area contributed by atoms with E-state index in [4.69, 9.17) is 11.6 Å². The molecule has 0 aliphatic rings. The van der Waals surface area contributed by atoms with E-state index in [1.54, 1.807) is 0 Å². The summed E-state index contributed by atoms with van der Waals surface area (Å²) in [6.07, 6.45) is 1.43. The molecule has 1 aromatic carbocycles. The van der Waals surface area contributed by atoms with Crippen LogP contribution in [0.15, 0.2) is 34.9 Å². The Hall–Kier alpha value is -1.00. The van der Waals surface area contributed by atoms with Crippen molar-refractivity contribution in [3.63, 3.8) is 0 Å². The minimum absolute atomic E-state index is 0.697. The molecule has 0 saturated carbocycles. The second kappa shape index (κ2) is 4.13. The Bertz CT molecular complexity index is 296. The summed E-state index contributed by atoms with van der Waals surface area (Å²) in [4.78, 5) is 0. The minimum atomic E-state index is 0.697. The molecule has 4 heteroatoms. The summed E-state index contributed by atoms with van der Waals surface area (Å²) in [7, 11) is 0. The van der Waals surface area contributed by atoms with E-state index in [-0.39, 0.29) is 0 Å². The molecule has 0 heterocycles. The molecule has 0 atom stereocenters. The van der Waals surface area contributed by atoms with Gasteiger partial charge in [0.05, 0.1) is 5.70 Å². The second-order valence-corrected chi connectivity index (χ2v) is 3.06. The summed E-state index contributed by atoms with van der Waals surface area (Å²) < 4.78 is 0.958. The molecule has 0 aliphatic carbocycles. The maximum absolute atomic E-state index is 5.36. The van der Waals surface area contributed by atoms with Gasteiger partial charge in [0.15, 0.2) is 0 Å². The van der Waals surface area contributed by atoms with Crippen molar-refractivity contribution in [3.8, 4) is 0 Å². The molecule has 0 spiro atoms. The van der Waals surface area contributed by atoms with Gasteiger partial charge in [0.1, 0.15) is 0 Å². The molecule has 0 radical (unpaired) electrons. The first-order valence-corrected chi connectivity index (χ1v) is 4.22. The minimum Gasteiger partial charge on any atom is -0.403 e. The van der Waals surface area contributed by atoms with Crippen LogP contribution >= 0.6 is 15.9 Å². The van der Waals surface area contributed by atoms with Crippen LogP contribution in [0.1, 0.15) is 5.56 Å². The van der Waals surface area contributed by atoms with Gasteiger partial charge in [0.2, 0.25) is 0 Å². The van der Waals surface area contributed by atoms with Crippen LogP contribution < -0.4 is 17.0 Å². The van der Waals surface area contributed by atoms with E-state index in [1.165, 1.54) is 6.20 Å². The summed E-state index contributed by atoms with van der Waals surface area (Å²) in [6.45, 7) is 0. The summed E-state index contributed by atoms with van der Waals surface area (Å²) in [5, 5.41) is 0. The Morgan fingerprint density at radius 2 is 2.08 bits per heavy atom. The third-order valence-corrected chi connectivity index (χ3v) is 2.18. The SMILES string of the molecule is N/C=C(\NN)c1ccccc1Br. The molecule has 3 nitrogen and oxygen atoms in total. The number of hydrazine groups is 1. The Kier molecular flexibility index (Phi) is 3.13. The molecule has 0 aromatic heterocycles. The van der Waals surface area contributed by atoms with E-state index < -0.39 is 0 Å². The Morgan fingerprint density at radius 1 is 1.42 bits per heavy atom. The molecule has 0 unspecified atom stereocenters. The van der Waals surface area contributed by atoms with Gasteiger partial charge in [-0.2, -0.15) is 0 Å². The van der Waals surface area contributed by atoms with Gasteiger partial charge in [-0.3, -0.25) is 5.84 Å². The lowest BCUT2D eigenvalue weighted by Gasteiger charge is -2.06. The number of hydrogen-bond acceptors (Lipinski definition) is 3. The zero-order valence-corrected chi connectivity index (χ0v) is 8.01. The molecule has 64 valence electrons. The molecule has 12 heavy (non-hydrogen) atoms. The third kappa shape index (κ3) is 1.78. The van der Waals surface area contributed by atoms with Crippen LogP contribution in [0, 0.1) is 0 Å². The summed E-state index contributed by atoms with van der Waals surface area (Å²) >= 11 is 3.39. The van der Waals surface area contributed by atoms with Crippen molar-refractivity contribution in [1.29, 1.82) is 0 Å². The van der Waals surface area contributed by atoms with Crippen molar-refractivity contribution in [1.82, 2.24) is 5.43 Å². The number of hydrogen-bond donors (Lipinski definition) is 3. The van der Waals surface area contributed by atoms with Crippen LogP contribution in [0.5, 0.6) is 0 Å². The highest BCUT2D eigenvalue weighted by molar-refractivity contribution is 9.10. The van der Waals surface area contributed by atoms with E-state index in [2.05, 4.69) is 21.4 Å². The first-order valence-electron chi connectivity index (χ1n) is 3.43. The van der Waals surface area contributed by atoms with Gasteiger partial charge < -0.3 is 11.2 Å². The van der Waals surface area contributed by atoms with Crippen molar-refractivity contribution in [2.45, 2.75) is 0 Å². The van der Waals surface area contributed by atoms with Crippen molar-refractivity contribution < 1.29 is 0 Å². The first kappa shape index (κ1) is 9.09. The van der Waals surface area contributed by atoms with E-state index in [1.807, 2.05) is 24.3 Å². The summed E-state index contributed by atoms with van der Waals surface area (Å²) in [5.41, 5.74) is 9.52. The number of nitrogens with one attached hydrogen (secondary N) is 1. The highest BCUT2D eigenvalue weighted by Gasteiger charge is 2.01.